The molecule has 1 heterocycles. The van der Waals surface area contributed by atoms with Crippen LogP contribution in [0.15, 0.2) is 11.4 Å². The lowest BCUT2D eigenvalue weighted by atomic mass is 10.2. The highest BCUT2D eigenvalue weighted by Crippen LogP contribution is 2.21. The highest BCUT2D eigenvalue weighted by Gasteiger charge is 2.15. The van der Waals surface area contributed by atoms with Crippen LogP contribution in [0.5, 0.6) is 0 Å². The summed E-state index contributed by atoms with van der Waals surface area (Å²) in [6.07, 6.45) is 0. The van der Waals surface area contributed by atoms with E-state index in [1.807, 2.05) is 0 Å². The van der Waals surface area contributed by atoms with Gasteiger partial charge in [0.2, 0.25) is 0 Å². The van der Waals surface area contributed by atoms with Crippen LogP contribution in [0.25, 0.3) is 0 Å². The third-order valence-corrected chi connectivity index (χ3v) is 2.75. The number of thiophene rings is 1. The first-order chi connectivity index (χ1) is 6.90. The van der Waals surface area contributed by atoms with Gasteiger partial charge in [0.05, 0.1) is 10.6 Å². The molecule has 1 aromatic rings. The van der Waals surface area contributed by atoms with Crippen LogP contribution in [0, 0.1) is 0 Å². The normalized spacial score (nSPS) is 11.5. The smallest absolute Gasteiger partial charge is 0.286 e. The summed E-state index contributed by atoms with van der Waals surface area (Å²) in [5.41, 5.74) is 1.23. The maximum absolute atomic E-state index is 11.4. The van der Waals surface area contributed by atoms with E-state index in [4.69, 9.17) is 16.4 Å². The SMILES string of the molecule is CC(C)(O)CONC(=O)c1sccc1Cl. The molecule has 0 aliphatic rings. The molecule has 6 heteroatoms. The van der Waals surface area contributed by atoms with Crippen LogP contribution < -0.4 is 5.48 Å². The lowest BCUT2D eigenvalue weighted by Gasteiger charge is -2.16. The Balaban J connectivity index is 2.41. The van der Waals surface area contributed by atoms with Gasteiger partial charge in [-0.1, -0.05) is 11.6 Å². The molecular formula is C9H12ClNO3S. The molecule has 0 aromatic carbocycles. The van der Waals surface area contributed by atoms with E-state index in [2.05, 4.69) is 5.48 Å². The summed E-state index contributed by atoms with van der Waals surface area (Å²) in [5, 5.41) is 11.4. The van der Waals surface area contributed by atoms with Gasteiger partial charge in [-0.25, -0.2) is 5.48 Å². The van der Waals surface area contributed by atoms with E-state index in [0.717, 1.165) is 0 Å². The Morgan fingerprint density at radius 2 is 2.40 bits per heavy atom. The van der Waals surface area contributed by atoms with Crippen molar-refractivity contribution in [2.75, 3.05) is 6.61 Å². The number of carbonyl (C=O) groups excluding carboxylic acids is 1. The third kappa shape index (κ3) is 4.17. The predicted molar refractivity (Wildman–Crippen MR) is 59.0 cm³/mol. The molecule has 15 heavy (non-hydrogen) atoms. The minimum atomic E-state index is -0.980. The first kappa shape index (κ1) is 12.4. The zero-order valence-corrected chi connectivity index (χ0v) is 9.98. The van der Waals surface area contributed by atoms with Crippen molar-refractivity contribution < 1.29 is 14.7 Å². The zero-order valence-electron chi connectivity index (χ0n) is 8.41. The fourth-order valence-corrected chi connectivity index (χ4v) is 1.81. The average molecular weight is 250 g/mol. The van der Waals surface area contributed by atoms with Crippen molar-refractivity contribution in [2.45, 2.75) is 19.4 Å². The van der Waals surface area contributed by atoms with Gasteiger partial charge in [-0.3, -0.25) is 9.63 Å². The molecule has 0 spiro atoms. The predicted octanol–water partition coefficient (Wildman–Crippen LogP) is 1.83. The van der Waals surface area contributed by atoms with Gasteiger partial charge in [0.25, 0.3) is 5.91 Å². The van der Waals surface area contributed by atoms with Crippen LogP contribution in [-0.2, 0) is 4.84 Å². The molecule has 1 rings (SSSR count). The molecule has 0 atom stereocenters. The number of rotatable bonds is 4. The maximum Gasteiger partial charge on any atom is 0.286 e. The number of halogens is 1. The Kier molecular flexibility index (Phi) is 4.10. The molecule has 1 amide bonds. The number of hydrogen-bond donors (Lipinski definition) is 2. The molecule has 0 aliphatic carbocycles. The quantitative estimate of drug-likeness (QED) is 0.801. The van der Waals surface area contributed by atoms with Crippen molar-refractivity contribution >= 4 is 28.8 Å². The standard InChI is InChI=1S/C9H12ClNO3S/c1-9(2,13)5-14-11-8(12)7-6(10)3-4-15-7/h3-4,13H,5H2,1-2H3,(H,11,12). The van der Waals surface area contributed by atoms with Crippen molar-refractivity contribution in [3.63, 3.8) is 0 Å². The summed E-state index contributed by atoms with van der Waals surface area (Å²) in [6.45, 7) is 3.18. The average Bonchev–Trinajstić information content (AvgIpc) is 2.48. The van der Waals surface area contributed by atoms with Crippen LogP contribution in [0.2, 0.25) is 5.02 Å². The van der Waals surface area contributed by atoms with E-state index < -0.39 is 11.5 Å². The van der Waals surface area contributed by atoms with E-state index in [0.29, 0.717) is 9.90 Å². The first-order valence-electron chi connectivity index (χ1n) is 4.27. The molecule has 0 unspecified atom stereocenters. The van der Waals surface area contributed by atoms with E-state index in [1.165, 1.54) is 11.3 Å². The summed E-state index contributed by atoms with van der Waals surface area (Å²) in [6, 6.07) is 1.64. The minimum Gasteiger partial charge on any atom is -0.388 e. The fourth-order valence-electron chi connectivity index (χ4n) is 0.780. The van der Waals surface area contributed by atoms with Crippen molar-refractivity contribution in [2.24, 2.45) is 0 Å². The maximum atomic E-state index is 11.4. The van der Waals surface area contributed by atoms with E-state index >= 15 is 0 Å². The Bertz CT molecular complexity index is 345. The van der Waals surface area contributed by atoms with Crippen LogP contribution in [0.3, 0.4) is 0 Å². The molecule has 2 N–H and O–H groups in total. The van der Waals surface area contributed by atoms with Crippen LogP contribution in [-0.4, -0.2) is 23.2 Å². The summed E-state index contributed by atoms with van der Waals surface area (Å²) >= 11 is 6.98. The Morgan fingerprint density at radius 3 is 2.87 bits per heavy atom. The second kappa shape index (κ2) is 4.94. The van der Waals surface area contributed by atoms with Crippen molar-refractivity contribution in [1.82, 2.24) is 5.48 Å². The molecule has 0 bridgehead atoms. The number of amides is 1. The second-order valence-electron chi connectivity index (χ2n) is 3.63. The van der Waals surface area contributed by atoms with E-state index in [1.54, 1.807) is 25.3 Å². The lowest BCUT2D eigenvalue weighted by Crippen LogP contribution is -2.33. The number of hydroxylamine groups is 1. The van der Waals surface area contributed by atoms with Gasteiger partial charge in [-0.2, -0.15) is 0 Å². The zero-order chi connectivity index (χ0) is 11.5. The molecule has 0 aliphatic heterocycles. The van der Waals surface area contributed by atoms with E-state index in [-0.39, 0.29) is 6.61 Å². The van der Waals surface area contributed by atoms with Crippen molar-refractivity contribution in [3.8, 4) is 0 Å². The molecule has 4 nitrogen and oxygen atoms in total. The van der Waals surface area contributed by atoms with Gasteiger partial charge in [-0.15, -0.1) is 11.3 Å². The summed E-state index contributed by atoms with van der Waals surface area (Å²) < 4.78 is 0. The highest BCUT2D eigenvalue weighted by molar-refractivity contribution is 7.12. The number of nitrogens with one attached hydrogen (secondary N) is 1. The third-order valence-electron chi connectivity index (χ3n) is 1.41. The van der Waals surface area contributed by atoms with Crippen molar-refractivity contribution in [1.29, 1.82) is 0 Å². The topological polar surface area (TPSA) is 58.6 Å². The molecule has 0 saturated heterocycles. The van der Waals surface area contributed by atoms with E-state index in [9.17, 15) is 9.90 Å². The molecule has 84 valence electrons. The van der Waals surface area contributed by atoms with Gasteiger partial charge in [0, 0.05) is 0 Å². The Hall–Kier alpha value is -0.620. The second-order valence-corrected chi connectivity index (χ2v) is 4.95. The minimum absolute atomic E-state index is 0.0156. The van der Waals surface area contributed by atoms with Crippen molar-refractivity contribution in [3.05, 3.63) is 21.3 Å². The van der Waals surface area contributed by atoms with Gasteiger partial charge in [0.15, 0.2) is 0 Å². The largest absolute Gasteiger partial charge is 0.388 e. The number of carbonyl (C=O) groups is 1. The van der Waals surface area contributed by atoms with Crippen LogP contribution in [0.4, 0.5) is 0 Å². The molecule has 0 radical (unpaired) electrons. The van der Waals surface area contributed by atoms with Crippen LogP contribution in [0.1, 0.15) is 23.5 Å². The summed E-state index contributed by atoms with van der Waals surface area (Å²) in [4.78, 5) is 16.7. The summed E-state index contributed by atoms with van der Waals surface area (Å²) in [5.74, 6) is -0.403. The molecule has 1 aromatic heterocycles. The Labute approximate surface area is 96.8 Å². The van der Waals surface area contributed by atoms with Gasteiger partial charge >= 0.3 is 0 Å². The molecular weight excluding hydrogens is 238 g/mol. The molecule has 0 saturated carbocycles. The number of hydrogen-bond acceptors (Lipinski definition) is 4. The number of aliphatic hydroxyl groups is 1. The monoisotopic (exact) mass is 249 g/mol. The van der Waals surface area contributed by atoms with Gasteiger partial charge < -0.3 is 5.11 Å². The molecule has 0 fully saturated rings. The highest BCUT2D eigenvalue weighted by atomic mass is 35.5. The fraction of sp³-hybridized carbons (Fsp3) is 0.444. The first-order valence-corrected chi connectivity index (χ1v) is 5.53. The summed E-state index contributed by atoms with van der Waals surface area (Å²) in [7, 11) is 0. The van der Waals surface area contributed by atoms with Gasteiger partial charge in [0.1, 0.15) is 11.5 Å². The van der Waals surface area contributed by atoms with Gasteiger partial charge in [-0.05, 0) is 25.3 Å². The Morgan fingerprint density at radius 1 is 1.73 bits per heavy atom. The van der Waals surface area contributed by atoms with Crippen LogP contribution >= 0.6 is 22.9 Å². The lowest BCUT2D eigenvalue weighted by molar-refractivity contribution is -0.0521.